The van der Waals surface area contributed by atoms with Crippen LogP contribution in [-0.4, -0.2) is 22.8 Å². The van der Waals surface area contributed by atoms with Crippen LogP contribution in [0.15, 0.2) is 42.7 Å². The van der Waals surface area contributed by atoms with E-state index in [1.807, 2.05) is 18.3 Å². The predicted octanol–water partition coefficient (Wildman–Crippen LogP) is 3.64. The molecular formula is C17H16ClFN2O. The van der Waals surface area contributed by atoms with Gasteiger partial charge in [-0.05, 0) is 41.7 Å². The minimum atomic E-state index is -0.374. The Balaban J connectivity index is 1.64. The third-order valence-electron chi connectivity index (χ3n) is 4.02. The summed E-state index contributed by atoms with van der Waals surface area (Å²) in [6.07, 6.45) is 4.40. The van der Waals surface area contributed by atoms with E-state index >= 15 is 0 Å². The Morgan fingerprint density at radius 3 is 2.95 bits per heavy atom. The summed E-state index contributed by atoms with van der Waals surface area (Å²) in [6, 6.07) is 8.13. The molecule has 0 saturated heterocycles. The van der Waals surface area contributed by atoms with E-state index in [9.17, 15) is 9.18 Å². The lowest BCUT2D eigenvalue weighted by atomic mass is 10.1. The van der Waals surface area contributed by atoms with Gasteiger partial charge in [0.25, 0.3) is 0 Å². The average Bonchev–Trinajstić information content (AvgIpc) is 3.30. The molecule has 0 N–H and O–H groups in total. The molecule has 1 amide bonds. The van der Waals surface area contributed by atoms with Crippen LogP contribution in [0.5, 0.6) is 0 Å². The van der Waals surface area contributed by atoms with Gasteiger partial charge in [-0.25, -0.2) is 4.39 Å². The van der Waals surface area contributed by atoms with Crippen molar-refractivity contribution in [3.8, 4) is 0 Å². The molecule has 3 rings (SSSR count). The molecule has 0 spiro atoms. The minimum absolute atomic E-state index is 0.00780. The number of pyridine rings is 1. The Morgan fingerprint density at radius 1 is 1.45 bits per heavy atom. The normalized spacial score (nSPS) is 19.8. The second-order valence-corrected chi connectivity index (χ2v) is 6.07. The number of benzene rings is 1. The maximum Gasteiger partial charge on any atom is 0.226 e. The lowest BCUT2D eigenvalue weighted by Gasteiger charge is -2.18. The van der Waals surface area contributed by atoms with E-state index in [1.165, 1.54) is 12.1 Å². The topological polar surface area (TPSA) is 33.2 Å². The number of nitrogens with zero attached hydrogens (tertiary/aromatic N) is 2. The van der Waals surface area contributed by atoms with Crippen molar-refractivity contribution in [3.05, 3.63) is 64.7 Å². The smallest absolute Gasteiger partial charge is 0.226 e. The lowest BCUT2D eigenvalue weighted by Crippen LogP contribution is -2.28. The molecule has 2 aromatic rings. The number of carbonyl (C=O) groups excluding carboxylic acids is 1. The van der Waals surface area contributed by atoms with E-state index in [4.69, 9.17) is 11.6 Å². The molecule has 1 fully saturated rings. The highest BCUT2D eigenvalue weighted by molar-refractivity contribution is 6.31. The van der Waals surface area contributed by atoms with Gasteiger partial charge in [0, 0.05) is 36.9 Å². The van der Waals surface area contributed by atoms with Gasteiger partial charge in [0.1, 0.15) is 5.82 Å². The van der Waals surface area contributed by atoms with Crippen molar-refractivity contribution >= 4 is 17.5 Å². The number of rotatable bonds is 4. The molecule has 2 atom stereocenters. The number of aromatic nitrogens is 1. The SMILES string of the molecule is CN(Cc1ccc(F)cc1Cl)C(=O)[C@H]1C[C@@H]1c1cccnc1. The van der Waals surface area contributed by atoms with Crippen molar-refractivity contribution in [3.63, 3.8) is 0 Å². The first-order valence-corrected chi connectivity index (χ1v) is 7.53. The van der Waals surface area contributed by atoms with Crippen LogP contribution in [0.2, 0.25) is 5.02 Å². The van der Waals surface area contributed by atoms with Gasteiger partial charge in [0.2, 0.25) is 5.91 Å². The van der Waals surface area contributed by atoms with Crippen LogP contribution in [-0.2, 0) is 11.3 Å². The Hall–Kier alpha value is -1.94. The lowest BCUT2D eigenvalue weighted by molar-refractivity contribution is -0.131. The van der Waals surface area contributed by atoms with Crippen LogP contribution >= 0.6 is 11.6 Å². The Labute approximate surface area is 133 Å². The van der Waals surface area contributed by atoms with Crippen LogP contribution in [0.25, 0.3) is 0 Å². The van der Waals surface area contributed by atoms with E-state index in [0.29, 0.717) is 11.6 Å². The molecule has 1 aliphatic rings. The zero-order valence-electron chi connectivity index (χ0n) is 12.2. The second-order valence-electron chi connectivity index (χ2n) is 5.67. The molecule has 5 heteroatoms. The molecule has 0 radical (unpaired) electrons. The number of carbonyl (C=O) groups is 1. The van der Waals surface area contributed by atoms with Crippen LogP contribution in [0, 0.1) is 11.7 Å². The van der Waals surface area contributed by atoms with Gasteiger partial charge in [-0.1, -0.05) is 23.7 Å². The molecule has 22 heavy (non-hydrogen) atoms. The zero-order valence-corrected chi connectivity index (χ0v) is 12.9. The maximum absolute atomic E-state index is 13.0. The molecule has 114 valence electrons. The molecule has 1 aromatic carbocycles. The first-order valence-electron chi connectivity index (χ1n) is 7.15. The van der Waals surface area contributed by atoms with Gasteiger partial charge in [-0.15, -0.1) is 0 Å². The van der Waals surface area contributed by atoms with Crippen molar-refractivity contribution in [1.29, 1.82) is 0 Å². The quantitative estimate of drug-likeness (QED) is 0.862. The van der Waals surface area contributed by atoms with Gasteiger partial charge in [0.05, 0.1) is 0 Å². The van der Waals surface area contributed by atoms with E-state index < -0.39 is 0 Å². The number of amides is 1. The maximum atomic E-state index is 13.0. The number of hydrogen-bond acceptors (Lipinski definition) is 2. The summed E-state index contributed by atoms with van der Waals surface area (Å²) in [5.41, 5.74) is 1.85. The number of halogens is 2. The average molecular weight is 319 g/mol. The highest BCUT2D eigenvalue weighted by Gasteiger charge is 2.45. The summed E-state index contributed by atoms with van der Waals surface area (Å²) in [7, 11) is 1.75. The summed E-state index contributed by atoms with van der Waals surface area (Å²) in [5.74, 6) is -0.0171. The molecular weight excluding hydrogens is 303 g/mol. The molecule has 0 bridgehead atoms. The van der Waals surface area contributed by atoms with E-state index in [0.717, 1.165) is 17.5 Å². The fraction of sp³-hybridized carbons (Fsp3) is 0.294. The van der Waals surface area contributed by atoms with Gasteiger partial charge in [0.15, 0.2) is 0 Å². The third-order valence-corrected chi connectivity index (χ3v) is 4.37. The molecule has 1 aromatic heterocycles. The number of hydrogen-bond donors (Lipinski definition) is 0. The zero-order chi connectivity index (χ0) is 15.7. The van der Waals surface area contributed by atoms with Crippen molar-refractivity contribution in [2.45, 2.75) is 18.9 Å². The van der Waals surface area contributed by atoms with Gasteiger partial charge >= 0.3 is 0 Å². The minimum Gasteiger partial charge on any atom is -0.341 e. The van der Waals surface area contributed by atoms with Crippen LogP contribution in [0.1, 0.15) is 23.5 Å². The van der Waals surface area contributed by atoms with E-state index in [2.05, 4.69) is 4.98 Å². The standard InChI is InChI=1S/C17H16ClFN2O/c1-21(10-12-4-5-13(19)7-16(12)18)17(22)15-8-14(15)11-3-2-6-20-9-11/h2-7,9,14-15H,8,10H2,1H3/t14-,15+/m1/s1. The van der Waals surface area contributed by atoms with Crippen molar-refractivity contribution in [1.82, 2.24) is 9.88 Å². The van der Waals surface area contributed by atoms with Crippen LogP contribution in [0.3, 0.4) is 0 Å². The third kappa shape index (κ3) is 3.12. The highest BCUT2D eigenvalue weighted by atomic mass is 35.5. The Kier molecular flexibility index (Phi) is 4.12. The van der Waals surface area contributed by atoms with E-state index in [-0.39, 0.29) is 23.6 Å². The van der Waals surface area contributed by atoms with Crippen molar-refractivity contribution in [2.24, 2.45) is 5.92 Å². The molecule has 0 aliphatic heterocycles. The summed E-state index contributed by atoms with van der Waals surface area (Å²) in [4.78, 5) is 18.2. The Bertz CT molecular complexity index is 692. The van der Waals surface area contributed by atoms with Crippen molar-refractivity contribution < 1.29 is 9.18 Å². The highest BCUT2D eigenvalue weighted by Crippen LogP contribution is 2.48. The monoisotopic (exact) mass is 318 g/mol. The first-order chi connectivity index (χ1) is 10.6. The summed E-state index contributed by atoms with van der Waals surface area (Å²) >= 11 is 6.01. The van der Waals surface area contributed by atoms with Crippen LogP contribution in [0.4, 0.5) is 4.39 Å². The summed E-state index contributed by atoms with van der Waals surface area (Å²) in [5, 5.41) is 0.347. The van der Waals surface area contributed by atoms with E-state index in [1.54, 1.807) is 24.2 Å². The Morgan fingerprint density at radius 2 is 2.27 bits per heavy atom. The predicted molar refractivity (Wildman–Crippen MR) is 83.0 cm³/mol. The molecule has 3 nitrogen and oxygen atoms in total. The molecule has 1 saturated carbocycles. The molecule has 1 heterocycles. The molecule has 0 unspecified atom stereocenters. The van der Waals surface area contributed by atoms with Crippen LogP contribution < -0.4 is 0 Å². The van der Waals surface area contributed by atoms with Gasteiger partial charge < -0.3 is 4.90 Å². The first kappa shape index (κ1) is 15.0. The largest absolute Gasteiger partial charge is 0.341 e. The summed E-state index contributed by atoms with van der Waals surface area (Å²) in [6.45, 7) is 0.383. The van der Waals surface area contributed by atoms with Crippen molar-refractivity contribution in [2.75, 3.05) is 7.05 Å². The summed E-state index contributed by atoms with van der Waals surface area (Å²) < 4.78 is 13.0. The van der Waals surface area contributed by atoms with Gasteiger partial charge in [-0.2, -0.15) is 0 Å². The molecule has 1 aliphatic carbocycles. The fourth-order valence-corrected chi connectivity index (χ4v) is 2.93. The van der Waals surface area contributed by atoms with Gasteiger partial charge in [-0.3, -0.25) is 9.78 Å². The fourth-order valence-electron chi connectivity index (χ4n) is 2.70. The second kappa shape index (κ2) is 6.05.